The minimum atomic E-state index is 0.469. The van der Waals surface area contributed by atoms with Crippen LogP contribution in [0, 0.1) is 0 Å². The molecule has 0 radical (unpaired) electrons. The van der Waals surface area contributed by atoms with Crippen molar-refractivity contribution in [2.75, 3.05) is 36.0 Å². The average Bonchev–Trinajstić information content (AvgIpc) is 2.56. The van der Waals surface area contributed by atoms with E-state index in [1.54, 1.807) is 0 Å². The molecule has 4 heteroatoms. The molecule has 0 bridgehead atoms. The molecule has 1 aliphatic heterocycles. The van der Waals surface area contributed by atoms with E-state index in [1.165, 1.54) is 5.69 Å². The molecule has 1 saturated heterocycles. The van der Waals surface area contributed by atoms with Crippen LogP contribution in [-0.4, -0.2) is 31.2 Å². The van der Waals surface area contributed by atoms with Gasteiger partial charge in [0.1, 0.15) is 4.99 Å². The van der Waals surface area contributed by atoms with Gasteiger partial charge in [-0.3, -0.25) is 0 Å². The van der Waals surface area contributed by atoms with E-state index in [0.29, 0.717) is 4.99 Å². The third kappa shape index (κ3) is 3.00. The number of rotatable bonds is 3. The van der Waals surface area contributed by atoms with Crippen LogP contribution in [0.4, 0.5) is 11.4 Å². The summed E-state index contributed by atoms with van der Waals surface area (Å²) in [7, 11) is 0. The first-order chi connectivity index (χ1) is 10.3. The molecule has 1 fully saturated rings. The Morgan fingerprint density at radius 1 is 0.810 bits per heavy atom. The van der Waals surface area contributed by atoms with E-state index >= 15 is 0 Å². The highest BCUT2D eigenvalue weighted by molar-refractivity contribution is 7.80. The van der Waals surface area contributed by atoms with Crippen molar-refractivity contribution in [3.05, 3.63) is 60.2 Å². The molecule has 21 heavy (non-hydrogen) atoms. The van der Waals surface area contributed by atoms with Crippen LogP contribution in [0.5, 0.6) is 0 Å². The summed E-state index contributed by atoms with van der Waals surface area (Å²) in [5.41, 5.74) is 9.25. The van der Waals surface area contributed by atoms with Crippen molar-refractivity contribution in [3.8, 4) is 0 Å². The SMILES string of the molecule is NC(=S)c1ccccc1N1CCN(c2ccccc2)CC1. The number of para-hydroxylation sites is 2. The molecule has 0 saturated carbocycles. The second kappa shape index (κ2) is 6.14. The minimum absolute atomic E-state index is 0.469. The van der Waals surface area contributed by atoms with Crippen molar-refractivity contribution in [1.82, 2.24) is 0 Å². The molecular weight excluding hydrogens is 278 g/mol. The Morgan fingerprint density at radius 3 is 2.05 bits per heavy atom. The van der Waals surface area contributed by atoms with Crippen LogP contribution in [0.1, 0.15) is 5.56 Å². The van der Waals surface area contributed by atoms with Gasteiger partial charge in [0.25, 0.3) is 0 Å². The van der Waals surface area contributed by atoms with Gasteiger partial charge in [0.15, 0.2) is 0 Å². The van der Waals surface area contributed by atoms with Gasteiger partial charge in [-0.15, -0.1) is 0 Å². The van der Waals surface area contributed by atoms with Gasteiger partial charge in [-0.05, 0) is 24.3 Å². The number of nitrogens with two attached hydrogens (primary N) is 1. The molecule has 1 heterocycles. The molecular formula is C17H19N3S. The number of anilines is 2. The lowest BCUT2D eigenvalue weighted by molar-refractivity contribution is 0.653. The highest BCUT2D eigenvalue weighted by Crippen LogP contribution is 2.23. The average molecular weight is 297 g/mol. The predicted molar refractivity (Wildman–Crippen MR) is 93.2 cm³/mol. The fraction of sp³-hybridized carbons (Fsp3) is 0.235. The van der Waals surface area contributed by atoms with Crippen molar-refractivity contribution in [2.45, 2.75) is 0 Å². The Hall–Kier alpha value is -2.07. The monoisotopic (exact) mass is 297 g/mol. The maximum Gasteiger partial charge on any atom is 0.106 e. The summed E-state index contributed by atoms with van der Waals surface area (Å²) in [5.74, 6) is 0. The Balaban J connectivity index is 1.73. The van der Waals surface area contributed by atoms with E-state index in [0.717, 1.165) is 37.4 Å². The van der Waals surface area contributed by atoms with Gasteiger partial charge in [0.05, 0.1) is 0 Å². The zero-order valence-electron chi connectivity index (χ0n) is 11.9. The molecule has 3 rings (SSSR count). The Kier molecular flexibility index (Phi) is 4.06. The largest absolute Gasteiger partial charge is 0.389 e. The molecule has 1 aliphatic rings. The molecule has 0 atom stereocenters. The standard InChI is InChI=1S/C17H19N3S/c18-17(21)15-8-4-5-9-16(15)20-12-10-19(11-13-20)14-6-2-1-3-7-14/h1-9H,10-13H2,(H2,18,21). The van der Waals surface area contributed by atoms with Gasteiger partial charge < -0.3 is 15.5 Å². The van der Waals surface area contributed by atoms with E-state index < -0.39 is 0 Å². The van der Waals surface area contributed by atoms with E-state index in [4.69, 9.17) is 18.0 Å². The quantitative estimate of drug-likeness (QED) is 0.883. The van der Waals surface area contributed by atoms with E-state index in [-0.39, 0.29) is 0 Å². The third-order valence-corrected chi connectivity index (χ3v) is 4.13. The van der Waals surface area contributed by atoms with Gasteiger partial charge in [-0.1, -0.05) is 42.5 Å². The maximum atomic E-state index is 5.83. The Labute approximate surface area is 131 Å². The second-order valence-corrected chi connectivity index (χ2v) is 5.63. The van der Waals surface area contributed by atoms with Crippen LogP contribution in [-0.2, 0) is 0 Å². The van der Waals surface area contributed by atoms with Gasteiger partial charge in [-0.25, -0.2) is 0 Å². The predicted octanol–water partition coefficient (Wildman–Crippen LogP) is 2.65. The van der Waals surface area contributed by atoms with Gasteiger partial charge in [-0.2, -0.15) is 0 Å². The lowest BCUT2D eigenvalue weighted by Crippen LogP contribution is -2.47. The van der Waals surface area contributed by atoms with Crippen LogP contribution in [0.25, 0.3) is 0 Å². The summed E-state index contributed by atoms with van der Waals surface area (Å²) in [6.07, 6.45) is 0. The molecule has 0 aliphatic carbocycles. The van der Waals surface area contributed by atoms with Crippen LogP contribution in [0.2, 0.25) is 0 Å². The van der Waals surface area contributed by atoms with Crippen LogP contribution in [0.3, 0.4) is 0 Å². The summed E-state index contributed by atoms with van der Waals surface area (Å²) < 4.78 is 0. The van der Waals surface area contributed by atoms with Gasteiger partial charge >= 0.3 is 0 Å². The normalized spacial score (nSPS) is 15.0. The summed E-state index contributed by atoms with van der Waals surface area (Å²) >= 11 is 5.16. The number of thiocarbonyl (C=S) groups is 1. The first-order valence-corrected chi connectivity index (χ1v) is 7.60. The molecule has 0 unspecified atom stereocenters. The molecule has 2 aromatic carbocycles. The Morgan fingerprint density at radius 2 is 1.38 bits per heavy atom. The molecule has 0 spiro atoms. The summed E-state index contributed by atoms with van der Waals surface area (Å²) in [5, 5.41) is 0. The number of hydrogen-bond donors (Lipinski definition) is 1. The van der Waals surface area contributed by atoms with Gasteiger partial charge in [0.2, 0.25) is 0 Å². The van der Waals surface area contributed by atoms with E-state index in [1.807, 2.05) is 18.2 Å². The Bertz CT molecular complexity index is 619. The first kappa shape index (κ1) is 13.9. The topological polar surface area (TPSA) is 32.5 Å². The number of nitrogens with zero attached hydrogens (tertiary/aromatic N) is 2. The third-order valence-electron chi connectivity index (χ3n) is 3.91. The van der Waals surface area contributed by atoms with E-state index in [9.17, 15) is 0 Å². The highest BCUT2D eigenvalue weighted by Gasteiger charge is 2.19. The molecule has 3 nitrogen and oxygen atoms in total. The molecule has 0 aromatic heterocycles. The summed E-state index contributed by atoms with van der Waals surface area (Å²) in [6.45, 7) is 3.98. The van der Waals surface area contributed by atoms with Crippen molar-refractivity contribution in [3.63, 3.8) is 0 Å². The molecule has 108 valence electrons. The number of hydrogen-bond acceptors (Lipinski definition) is 3. The minimum Gasteiger partial charge on any atom is -0.389 e. The fourth-order valence-corrected chi connectivity index (χ4v) is 2.97. The zero-order chi connectivity index (χ0) is 14.7. The van der Waals surface area contributed by atoms with Crippen molar-refractivity contribution >= 4 is 28.6 Å². The summed E-state index contributed by atoms with van der Waals surface area (Å²) in [6, 6.07) is 18.7. The van der Waals surface area contributed by atoms with Crippen molar-refractivity contribution in [2.24, 2.45) is 5.73 Å². The summed E-state index contributed by atoms with van der Waals surface area (Å²) in [4.78, 5) is 5.25. The number of benzene rings is 2. The highest BCUT2D eigenvalue weighted by atomic mass is 32.1. The van der Waals surface area contributed by atoms with Crippen molar-refractivity contribution in [1.29, 1.82) is 0 Å². The van der Waals surface area contributed by atoms with Crippen LogP contribution < -0.4 is 15.5 Å². The van der Waals surface area contributed by atoms with Crippen molar-refractivity contribution < 1.29 is 0 Å². The lowest BCUT2D eigenvalue weighted by Gasteiger charge is -2.38. The zero-order valence-corrected chi connectivity index (χ0v) is 12.7. The van der Waals surface area contributed by atoms with Crippen LogP contribution >= 0.6 is 12.2 Å². The van der Waals surface area contributed by atoms with E-state index in [2.05, 4.69) is 46.2 Å². The number of piperazine rings is 1. The lowest BCUT2D eigenvalue weighted by atomic mass is 10.1. The maximum absolute atomic E-state index is 5.83. The second-order valence-electron chi connectivity index (χ2n) is 5.19. The molecule has 2 aromatic rings. The van der Waals surface area contributed by atoms with Gasteiger partial charge in [0, 0.05) is 43.1 Å². The van der Waals surface area contributed by atoms with Crippen LogP contribution in [0.15, 0.2) is 54.6 Å². The molecule has 2 N–H and O–H groups in total. The fourth-order valence-electron chi connectivity index (χ4n) is 2.80. The smallest absolute Gasteiger partial charge is 0.106 e. The molecule has 0 amide bonds. The first-order valence-electron chi connectivity index (χ1n) is 7.19.